The molecule has 3 rings (SSSR count). The summed E-state index contributed by atoms with van der Waals surface area (Å²) in [4.78, 5) is 21.3. The first-order valence-corrected chi connectivity index (χ1v) is 9.22. The number of pyridine rings is 2. The maximum atomic E-state index is 12.6. The van der Waals surface area contributed by atoms with E-state index in [1.807, 2.05) is 58.0 Å². The van der Waals surface area contributed by atoms with Crippen molar-refractivity contribution in [1.29, 1.82) is 0 Å². The Morgan fingerprint density at radius 1 is 1.07 bits per heavy atom. The van der Waals surface area contributed by atoms with Crippen LogP contribution < -0.4 is 10.1 Å². The van der Waals surface area contributed by atoms with Crippen molar-refractivity contribution in [3.05, 3.63) is 59.9 Å². The highest BCUT2D eigenvalue weighted by Crippen LogP contribution is 2.23. The monoisotopic (exact) mass is 379 g/mol. The lowest BCUT2D eigenvalue weighted by Crippen LogP contribution is -2.22. The molecule has 0 unspecified atom stereocenters. The summed E-state index contributed by atoms with van der Waals surface area (Å²) in [5.74, 6) is 0.224. The van der Waals surface area contributed by atoms with Gasteiger partial charge in [0.15, 0.2) is 0 Å². The zero-order valence-electron chi connectivity index (χ0n) is 16.7. The third-order valence-corrected chi connectivity index (χ3v) is 3.99. The molecule has 2 aromatic heterocycles. The highest BCUT2D eigenvalue weighted by Gasteiger charge is 2.11. The summed E-state index contributed by atoms with van der Waals surface area (Å²) in [7, 11) is 0. The molecule has 6 nitrogen and oxygen atoms in total. The Morgan fingerprint density at radius 3 is 2.61 bits per heavy atom. The van der Waals surface area contributed by atoms with Crippen molar-refractivity contribution in [2.75, 3.05) is 18.5 Å². The Labute approximate surface area is 164 Å². The van der Waals surface area contributed by atoms with Crippen LogP contribution >= 0.6 is 0 Å². The summed E-state index contributed by atoms with van der Waals surface area (Å²) in [6.07, 6.45) is 1.50. The Morgan fingerprint density at radius 2 is 1.89 bits per heavy atom. The number of hydrogen-bond donors (Lipinski definition) is 1. The van der Waals surface area contributed by atoms with Crippen LogP contribution in [0.3, 0.4) is 0 Å². The Hall–Kier alpha value is -2.99. The molecule has 0 saturated carbocycles. The van der Waals surface area contributed by atoms with Crippen molar-refractivity contribution in [3.8, 4) is 5.88 Å². The van der Waals surface area contributed by atoms with E-state index in [1.54, 1.807) is 12.1 Å². The van der Waals surface area contributed by atoms with E-state index in [1.165, 1.54) is 6.20 Å². The van der Waals surface area contributed by atoms with E-state index in [9.17, 15) is 4.79 Å². The number of benzene rings is 1. The number of nitrogens with zero attached hydrogens (tertiary/aromatic N) is 2. The Bertz CT molecular complexity index is 963. The van der Waals surface area contributed by atoms with E-state index in [0.717, 1.165) is 22.3 Å². The summed E-state index contributed by atoms with van der Waals surface area (Å²) < 4.78 is 11.1. The molecule has 0 aliphatic rings. The molecule has 6 heteroatoms. The number of hydrogen-bond acceptors (Lipinski definition) is 5. The van der Waals surface area contributed by atoms with Gasteiger partial charge >= 0.3 is 0 Å². The van der Waals surface area contributed by atoms with Crippen molar-refractivity contribution >= 4 is 22.5 Å². The van der Waals surface area contributed by atoms with Crippen molar-refractivity contribution in [2.24, 2.45) is 0 Å². The smallest absolute Gasteiger partial charge is 0.257 e. The minimum atomic E-state index is -0.233. The van der Waals surface area contributed by atoms with Crippen LogP contribution in [0.15, 0.2) is 48.7 Å². The van der Waals surface area contributed by atoms with Gasteiger partial charge < -0.3 is 14.8 Å². The van der Waals surface area contributed by atoms with Gasteiger partial charge in [-0.2, -0.15) is 0 Å². The van der Waals surface area contributed by atoms with Gasteiger partial charge in [-0.15, -0.1) is 0 Å². The van der Waals surface area contributed by atoms with Crippen molar-refractivity contribution in [2.45, 2.75) is 33.3 Å². The lowest BCUT2D eigenvalue weighted by Gasteiger charge is -2.19. The number of amides is 1. The van der Waals surface area contributed by atoms with Crippen LogP contribution in [-0.4, -0.2) is 34.7 Å². The average molecular weight is 379 g/mol. The molecule has 0 radical (unpaired) electrons. The zero-order chi connectivity index (χ0) is 20.1. The number of rotatable bonds is 6. The van der Waals surface area contributed by atoms with Crippen LogP contribution in [0.1, 0.15) is 36.8 Å². The molecule has 0 fully saturated rings. The van der Waals surface area contributed by atoms with Crippen LogP contribution in [0.4, 0.5) is 5.69 Å². The van der Waals surface area contributed by atoms with Gasteiger partial charge in [-0.3, -0.25) is 9.78 Å². The lowest BCUT2D eigenvalue weighted by atomic mass is 10.1. The number of aryl methyl sites for hydroxylation is 1. The van der Waals surface area contributed by atoms with Crippen molar-refractivity contribution < 1.29 is 14.3 Å². The molecule has 1 amide bonds. The summed E-state index contributed by atoms with van der Waals surface area (Å²) in [6.45, 7) is 8.79. The first kappa shape index (κ1) is 19.8. The number of carbonyl (C=O) groups excluding carboxylic acids is 1. The van der Waals surface area contributed by atoms with Crippen LogP contribution in [0.2, 0.25) is 0 Å². The first-order chi connectivity index (χ1) is 13.3. The molecule has 0 bridgehead atoms. The van der Waals surface area contributed by atoms with E-state index in [4.69, 9.17) is 9.47 Å². The molecule has 28 heavy (non-hydrogen) atoms. The normalized spacial score (nSPS) is 11.4. The summed E-state index contributed by atoms with van der Waals surface area (Å²) >= 11 is 0. The molecule has 1 N–H and O–H groups in total. The molecule has 0 aliphatic carbocycles. The van der Waals surface area contributed by atoms with Crippen LogP contribution in [0, 0.1) is 6.92 Å². The second-order valence-corrected chi connectivity index (χ2v) is 7.47. The van der Waals surface area contributed by atoms with E-state index >= 15 is 0 Å². The van der Waals surface area contributed by atoms with E-state index in [2.05, 4.69) is 15.3 Å². The number of anilines is 1. The Kier molecular flexibility index (Phi) is 5.90. The van der Waals surface area contributed by atoms with Gasteiger partial charge in [-0.25, -0.2) is 4.98 Å². The largest absolute Gasteiger partial charge is 0.475 e. The highest BCUT2D eigenvalue weighted by atomic mass is 16.5. The number of aromatic nitrogens is 2. The summed E-state index contributed by atoms with van der Waals surface area (Å²) in [6, 6.07) is 12.9. The van der Waals surface area contributed by atoms with Crippen molar-refractivity contribution in [3.63, 3.8) is 0 Å². The minimum absolute atomic E-state index is 0.200. The predicted molar refractivity (Wildman–Crippen MR) is 110 cm³/mol. The molecule has 0 atom stereocenters. The second-order valence-electron chi connectivity index (χ2n) is 7.47. The van der Waals surface area contributed by atoms with Gasteiger partial charge in [0.05, 0.1) is 29.0 Å². The van der Waals surface area contributed by atoms with Gasteiger partial charge in [-0.05, 0) is 58.0 Å². The molecule has 1 aromatic carbocycles. The average Bonchev–Trinajstić information content (AvgIpc) is 2.65. The molecule has 2 heterocycles. The van der Waals surface area contributed by atoms with Gasteiger partial charge in [0.1, 0.15) is 6.61 Å². The van der Waals surface area contributed by atoms with Gasteiger partial charge in [0.25, 0.3) is 5.91 Å². The fourth-order valence-electron chi connectivity index (χ4n) is 2.65. The van der Waals surface area contributed by atoms with E-state index in [0.29, 0.717) is 24.7 Å². The molecule has 0 saturated heterocycles. The second kappa shape index (κ2) is 8.35. The number of ether oxygens (including phenoxy) is 2. The first-order valence-electron chi connectivity index (χ1n) is 9.22. The molecule has 146 valence electrons. The third kappa shape index (κ3) is 5.27. The predicted octanol–water partition coefficient (Wildman–Crippen LogP) is 4.38. The molecular formula is C22H25N3O3. The number of fused-ring (bicyclic) bond motifs is 1. The fourth-order valence-corrected chi connectivity index (χ4v) is 2.65. The lowest BCUT2D eigenvalue weighted by molar-refractivity contribution is -0.0168. The van der Waals surface area contributed by atoms with Gasteiger partial charge in [0, 0.05) is 23.3 Å². The minimum Gasteiger partial charge on any atom is -0.475 e. The number of carbonyl (C=O) groups is 1. The number of nitrogens with one attached hydrogen (secondary N) is 1. The maximum Gasteiger partial charge on any atom is 0.257 e. The van der Waals surface area contributed by atoms with Crippen LogP contribution in [0.5, 0.6) is 5.88 Å². The topological polar surface area (TPSA) is 73.3 Å². The molecular weight excluding hydrogens is 354 g/mol. The van der Waals surface area contributed by atoms with E-state index in [-0.39, 0.29) is 11.5 Å². The van der Waals surface area contributed by atoms with E-state index < -0.39 is 0 Å². The maximum absolute atomic E-state index is 12.6. The van der Waals surface area contributed by atoms with Gasteiger partial charge in [0.2, 0.25) is 5.88 Å². The highest BCUT2D eigenvalue weighted by molar-refractivity contribution is 6.08. The van der Waals surface area contributed by atoms with Crippen LogP contribution in [0.25, 0.3) is 10.9 Å². The van der Waals surface area contributed by atoms with Crippen LogP contribution in [-0.2, 0) is 4.74 Å². The zero-order valence-corrected chi connectivity index (χ0v) is 16.7. The molecule has 0 spiro atoms. The third-order valence-electron chi connectivity index (χ3n) is 3.99. The van der Waals surface area contributed by atoms with Crippen molar-refractivity contribution in [1.82, 2.24) is 9.97 Å². The summed E-state index contributed by atoms with van der Waals surface area (Å²) in [5.41, 5.74) is 2.75. The SMILES string of the molecule is Cc1ccc2c(NC(=O)c3ccc(OCCOC(C)(C)C)nc3)cccc2n1. The molecule has 3 aromatic rings. The Balaban J connectivity index is 1.62. The molecule has 0 aliphatic heterocycles. The fraction of sp³-hybridized carbons (Fsp3) is 0.318. The summed E-state index contributed by atoms with van der Waals surface area (Å²) in [5, 5.41) is 3.83. The van der Waals surface area contributed by atoms with Gasteiger partial charge in [-0.1, -0.05) is 6.07 Å². The standard InChI is InChI=1S/C22H25N3O3/c1-15-8-10-17-18(24-15)6-5-7-19(17)25-21(26)16-9-11-20(23-14-16)27-12-13-28-22(2,3)4/h5-11,14H,12-13H2,1-4H3,(H,25,26). The quantitative estimate of drug-likeness (QED) is 0.643.